The highest BCUT2D eigenvalue weighted by Crippen LogP contribution is 2.26. The van der Waals surface area contributed by atoms with Crippen LogP contribution in [0.5, 0.6) is 5.75 Å². The quantitative estimate of drug-likeness (QED) is 0.791. The largest absolute Gasteiger partial charge is 0.506 e. The number of phenols is 1. The van der Waals surface area contributed by atoms with Gasteiger partial charge in [0.15, 0.2) is 0 Å². The fraction of sp³-hybridized carbons (Fsp3) is 0.455. The Hall–Kier alpha value is -0.390. The van der Waals surface area contributed by atoms with Crippen molar-refractivity contribution in [2.24, 2.45) is 0 Å². The van der Waals surface area contributed by atoms with Gasteiger partial charge in [-0.25, -0.2) is 0 Å². The average Bonchev–Trinajstić information content (AvgIpc) is 2.23. The lowest BCUT2D eigenvalue weighted by atomic mass is 10.2. The predicted molar refractivity (Wildman–Crippen MR) is 71.1 cm³/mol. The molecule has 1 aromatic rings. The first-order chi connectivity index (χ1) is 7.61. The minimum absolute atomic E-state index is 0.286. The zero-order chi connectivity index (χ0) is 12.0. The normalized spacial score (nSPS) is 12.6. The summed E-state index contributed by atoms with van der Waals surface area (Å²) < 4.78 is 11.5. The van der Waals surface area contributed by atoms with E-state index in [0.717, 1.165) is 24.3 Å². The third kappa shape index (κ3) is 4.63. The molecule has 90 valence electrons. The molecule has 0 aliphatic carbocycles. The van der Waals surface area contributed by atoms with Crippen LogP contribution in [0.1, 0.15) is 12.0 Å². The topological polar surface area (TPSA) is 49.3 Å². The number of nitrogens with one attached hydrogen (secondary N) is 1. The maximum Gasteiger partial charge on any atom is 0.134 e. The van der Waals surface area contributed by atoms with Gasteiger partial charge in [-0.2, -0.15) is 0 Å². The second-order valence-electron chi connectivity index (χ2n) is 3.56. The molecule has 5 heteroatoms. The predicted octanol–water partition coefficient (Wildman–Crippen LogP) is 2.01. The SMILES string of the molecule is CS(=O)CCCNCc1cccc(Br)c1O. The van der Waals surface area contributed by atoms with E-state index in [-0.39, 0.29) is 5.75 Å². The molecule has 1 aromatic carbocycles. The van der Waals surface area contributed by atoms with Crippen LogP contribution in [0.2, 0.25) is 0 Å². The Morgan fingerprint density at radius 1 is 1.50 bits per heavy atom. The Morgan fingerprint density at radius 2 is 2.25 bits per heavy atom. The Kier molecular flexibility index (Phi) is 6.01. The number of phenolic OH excluding ortho intramolecular Hbond substituents is 1. The van der Waals surface area contributed by atoms with Gasteiger partial charge in [0.25, 0.3) is 0 Å². The van der Waals surface area contributed by atoms with Crippen molar-refractivity contribution >= 4 is 26.7 Å². The zero-order valence-corrected chi connectivity index (χ0v) is 11.6. The minimum Gasteiger partial charge on any atom is -0.506 e. The number of halogens is 1. The van der Waals surface area contributed by atoms with Crippen LogP contribution in [-0.2, 0) is 17.3 Å². The third-order valence-corrected chi connectivity index (χ3v) is 3.67. The van der Waals surface area contributed by atoms with Crippen molar-refractivity contribution in [1.82, 2.24) is 5.32 Å². The fourth-order valence-electron chi connectivity index (χ4n) is 1.33. The van der Waals surface area contributed by atoms with Crippen LogP contribution in [-0.4, -0.2) is 27.9 Å². The molecular weight excluding hydrogens is 290 g/mol. The van der Waals surface area contributed by atoms with E-state index < -0.39 is 10.8 Å². The number of para-hydroxylation sites is 1. The Labute approximate surface area is 107 Å². The smallest absolute Gasteiger partial charge is 0.134 e. The maximum atomic E-state index is 10.8. The molecule has 1 rings (SSSR count). The molecule has 0 radical (unpaired) electrons. The van der Waals surface area contributed by atoms with Gasteiger partial charge in [0, 0.05) is 34.9 Å². The van der Waals surface area contributed by atoms with Crippen molar-refractivity contribution in [3.63, 3.8) is 0 Å². The summed E-state index contributed by atoms with van der Waals surface area (Å²) in [5.41, 5.74) is 0.868. The first-order valence-corrected chi connectivity index (χ1v) is 7.60. The summed E-state index contributed by atoms with van der Waals surface area (Å²) in [7, 11) is -0.718. The molecule has 16 heavy (non-hydrogen) atoms. The van der Waals surface area contributed by atoms with Crippen LogP contribution in [0.3, 0.4) is 0 Å². The van der Waals surface area contributed by atoms with Gasteiger partial charge in [0.1, 0.15) is 5.75 Å². The number of aromatic hydroxyl groups is 1. The van der Waals surface area contributed by atoms with Gasteiger partial charge in [-0.1, -0.05) is 12.1 Å². The van der Waals surface area contributed by atoms with E-state index in [2.05, 4.69) is 21.2 Å². The Balaban J connectivity index is 2.32. The molecule has 0 aliphatic heterocycles. The van der Waals surface area contributed by atoms with E-state index in [1.165, 1.54) is 0 Å². The monoisotopic (exact) mass is 305 g/mol. The lowest BCUT2D eigenvalue weighted by Gasteiger charge is -2.07. The second-order valence-corrected chi connectivity index (χ2v) is 5.96. The molecule has 0 fully saturated rings. The van der Waals surface area contributed by atoms with E-state index in [1.54, 1.807) is 12.3 Å². The molecule has 1 atom stereocenters. The van der Waals surface area contributed by atoms with Crippen molar-refractivity contribution in [3.05, 3.63) is 28.2 Å². The minimum atomic E-state index is -0.718. The number of hydrogen-bond donors (Lipinski definition) is 2. The number of rotatable bonds is 6. The van der Waals surface area contributed by atoms with E-state index in [1.807, 2.05) is 12.1 Å². The van der Waals surface area contributed by atoms with Crippen molar-refractivity contribution in [2.45, 2.75) is 13.0 Å². The Morgan fingerprint density at radius 3 is 2.94 bits per heavy atom. The van der Waals surface area contributed by atoms with Crippen LogP contribution in [0.15, 0.2) is 22.7 Å². The van der Waals surface area contributed by atoms with Gasteiger partial charge in [-0.05, 0) is 35.0 Å². The van der Waals surface area contributed by atoms with E-state index >= 15 is 0 Å². The van der Waals surface area contributed by atoms with Gasteiger partial charge in [0.05, 0.1) is 4.47 Å². The highest BCUT2D eigenvalue weighted by Gasteiger charge is 2.03. The highest BCUT2D eigenvalue weighted by atomic mass is 79.9. The molecule has 0 aliphatic rings. The van der Waals surface area contributed by atoms with Crippen LogP contribution in [0.4, 0.5) is 0 Å². The summed E-state index contributed by atoms with van der Waals surface area (Å²) in [5.74, 6) is 1.01. The molecular formula is C11H16BrNO2S. The molecule has 0 aromatic heterocycles. The molecule has 0 saturated carbocycles. The van der Waals surface area contributed by atoms with Crippen LogP contribution < -0.4 is 5.32 Å². The fourth-order valence-corrected chi connectivity index (χ4v) is 2.28. The van der Waals surface area contributed by atoms with E-state index in [9.17, 15) is 9.32 Å². The van der Waals surface area contributed by atoms with Crippen LogP contribution in [0, 0.1) is 0 Å². The molecule has 2 N–H and O–H groups in total. The molecule has 3 nitrogen and oxygen atoms in total. The van der Waals surface area contributed by atoms with Crippen molar-refractivity contribution in [2.75, 3.05) is 18.6 Å². The molecule has 1 unspecified atom stereocenters. The summed E-state index contributed by atoms with van der Waals surface area (Å²) in [6.07, 6.45) is 2.60. The molecule has 0 bridgehead atoms. The zero-order valence-electron chi connectivity index (χ0n) is 9.20. The van der Waals surface area contributed by atoms with Crippen molar-refractivity contribution in [1.29, 1.82) is 0 Å². The van der Waals surface area contributed by atoms with E-state index in [4.69, 9.17) is 0 Å². The van der Waals surface area contributed by atoms with Gasteiger partial charge in [-0.3, -0.25) is 4.21 Å². The van der Waals surface area contributed by atoms with Crippen LogP contribution in [0.25, 0.3) is 0 Å². The standard InChI is InChI=1S/C11H16BrNO2S/c1-16(15)7-3-6-13-8-9-4-2-5-10(12)11(9)14/h2,4-5,13-14H,3,6-8H2,1H3. The van der Waals surface area contributed by atoms with Gasteiger partial charge in [0.2, 0.25) is 0 Å². The molecule has 0 heterocycles. The van der Waals surface area contributed by atoms with Crippen molar-refractivity contribution in [3.8, 4) is 5.75 Å². The second kappa shape index (κ2) is 7.04. The average molecular weight is 306 g/mol. The van der Waals surface area contributed by atoms with E-state index in [0.29, 0.717) is 11.0 Å². The first-order valence-electron chi connectivity index (χ1n) is 5.08. The van der Waals surface area contributed by atoms with Gasteiger partial charge in [-0.15, -0.1) is 0 Å². The summed E-state index contributed by atoms with van der Waals surface area (Å²) >= 11 is 3.27. The lowest BCUT2D eigenvalue weighted by molar-refractivity contribution is 0.461. The summed E-state index contributed by atoms with van der Waals surface area (Å²) in [6.45, 7) is 1.44. The molecule has 0 amide bonds. The summed E-state index contributed by atoms with van der Waals surface area (Å²) in [6, 6.07) is 5.58. The van der Waals surface area contributed by atoms with Crippen LogP contribution >= 0.6 is 15.9 Å². The number of hydrogen-bond acceptors (Lipinski definition) is 3. The number of benzene rings is 1. The first kappa shape index (κ1) is 13.7. The lowest BCUT2D eigenvalue weighted by Crippen LogP contribution is -2.16. The molecule has 0 saturated heterocycles. The highest BCUT2D eigenvalue weighted by molar-refractivity contribution is 9.10. The summed E-state index contributed by atoms with van der Waals surface area (Å²) in [4.78, 5) is 0. The summed E-state index contributed by atoms with van der Waals surface area (Å²) in [5, 5.41) is 12.9. The Bertz CT molecular complexity index is 371. The maximum absolute atomic E-state index is 10.8. The third-order valence-electron chi connectivity index (χ3n) is 2.17. The van der Waals surface area contributed by atoms with Crippen molar-refractivity contribution < 1.29 is 9.32 Å². The molecule has 0 spiro atoms. The van der Waals surface area contributed by atoms with Gasteiger partial charge >= 0.3 is 0 Å². The van der Waals surface area contributed by atoms with Gasteiger partial charge < -0.3 is 10.4 Å².